The molecule has 0 aliphatic rings. The van der Waals surface area contributed by atoms with Gasteiger partial charge in [0.2, 0.25) is 0 Å². The lowest BCUT2D eigenvalue weighted by atomic mass is 10.1. The van der Waals surface area contributed by atoms with Gasteiger partial charge >= 0.3 is 0 Å². The van der Waals surface area contributed by atoms with Crippen molar-refractivity contribution in [2.45, 2.75) is 25.7 Å². The maximum atomic E-state index is 12.3. The molecule has 0 aliphatic carbocycles. The predicted molar refractivity (Wildman–Crippen MR) is 85.1 cm³/mol. The Morgan fingerprint density at radius 1 is 1.14 bits per heavy atom. The highest BCUT2D eigenvalue weighted by molar-refractivity contribution is 7.92. The number of hydrogen-bond donors (Lipinski definition) is 2. The van der Waals surface area contributed by atoms with E-state index in [0.717, 1.165) is 17.7 Å². The van der Waals surface area contributed by atoms with Crippen molar-refractivity contribution in [3.63, 3.8) is 0 Å². The van der Waals surface area contributed by atoms with Gasteiger partial charge in [-0.1, -0.05) is 17.7 Å². The normalized spacial score (nSPS) is 11.2. The van der Waals surface area contributed by atoms with Crippen LogP contribution in [0.15, 0.2) is 41.4 Å². The molecule has 0 atom stereocenters. The molecule has 0 aliphatic heterocycles. The number of rotatable bonds is 5. The van der Waals surface area contributed by atoms with Gasteiger partial charge in [0, 0.05) is 12.7 Å². The minimum absolute atomic E-state index is 0.143. The van der Waals surface area contributed by atoms with Gasteiger partial charge in [-0.3, -0.25) is 4.72 Å². The predicted octanol–water partition coefficient (Wildman–Crippen LogP) is 2.93. The van der Waals surface area contributed by atoms with Crippen LogP contribution in [0.1, 0.15) is 18.1 Å². The first kappa shape index (κ1) is 15.3. The van der Waals surface area contributed by atoms with Crippen molar-refractivity contribution in [1.82, 2.24) is 4.98 Å². The van der Waals surface area contributed by atoms with Gasteiger partial charge in [-0.15, -0.1) is 0 Å². The average Bonchev–Trinajstić information content (AvgIpc) is 2.43. The Kier molecular flexibility index (Phi) is 4.47. The lowest BCUT2D eigenvalue weighted by molar-refractivity contribution is 0.601. The first-order valence-electron chi connectivity index (χ1n) is 6.72. The minimum Gasteiger partial charge on any atom is -0.370 e. The minimum atomic E-state index is -3.62. The van der Waals surface area contributed by atoms with Crippen LogP contribution < -0.4 is 10.0 Å². The molecule has 1 aromatic heterocycles. The van der Waals surface area contributed by atoms with E-state index in [1.807, 2.05) is 32.9 Å². The number of aryl methyl sites for hydroxylation is 2. The van der Waals surface area contributed by atoms with Gasteiger partial charge in [0.1, 0.15) is 10.7 Å². The highest BCUT2D eigenvalue weighted by atomic mass is 32.2. The van der Waals surface area contributed by atoms with E-state index in [0.29, 0.717) is 11.5 Å². The molecular weight excluding hydrogens is 286 g/mol. The second-order valence-corrected chi connectivity index (χ2v) is 6.52. The summed E-state index contributed by atoms with van der Waals surface area (Å²) in [5.74, 6) is 0.656. The summed E-state index contributed by atoms with van der Waals surface area (Å²) < 4.78 is 27.3. The molecule has 112 valence electrons. The van der Waals surface area contributed by atoms with Crippen molar-refractivity contribution < 1.29 is 8.42 Å². The Hall–Kier alpha value is -2.08. The summed E-state index contributed by atoms with van der Waals surface area (Å²) in [6.07, 6.45) is 1.35. The van der Waals surface area contributed by atoms with E-state index in [9.17, 15) is 8.42 Å². The summed E-state index contributed by atoms with van der Waals surface area (Å²) in [7, 11) is -3.62. The SMILES string of the molecule is CCNc1ccc(S(=O)(=O)Nc2ccc(C)cc2C)cn1. The zero-order chi connectivity index (χ0) is 15.5. The van der Waals surface area contributed by atoms with Gasteiger partial charge in [-0.05, 0) is 44.5 Å². The lowest BCUT2D eigenvalue weighted by Gasteiger charge is -2.11. The van der Waals surface area contributed by atoms with Crippen LogP contribution in [-0.4, -0.2) is 19.9 Å². The molecule has 0 fully saturated rings. The van der Waals surface area contributed by atoms with Crippen LogP contribution in [0.4, 0.5) is 11.5 Å². The molecule has 6 heteroatoms. The molecule has 0 radical (unpaired) electrons. The summed E-state index contributed by atoms with van der Waals surface area (Å²) in [5, 5.41) is 3.02. The summed E-state index contributed by atoms with van der Waals surface area (Å²) in [6, 6.07) is 8.77. The second kappa shape index (κ2) is 6.13. The number of hydrogen-bond acceptors (Lipinski definition) is 4. The molecule has 0 saturated carbocycles. The highest BCUT2D eigenvalue weighted by Gasteiger charge is 2.15. The van der Waals surface area contributed by atoms with Crippen LogP contribution in [0.3, 0.4) is 0 Å². The molecule has 2 aromatic rings. The summed E-state index contributed by atoms with van der Waals surface area (Å²) in [6.45, 7) is 6.53. The van der Waals surface area contributed by atoms with Crippen LogP contribution in [0, 0.1) is 13.8 Å². The topological polar surface area (TPSA) is 71.1 Å². The molecule has 0 saturated heterocycles. The number of anilines is 2. The third-order valence-electron chi connectivity index (χ3n) is 3.03. The van der Waals surface area contributed by atoms with Crippen molar-refractivity contribution >= 4 is 21.5 Å². The smallest absolute Gasteiger partial charge is 0.263 e. The molecule has 0 bridgehead atoms. The quantitative estimate of drug-likeness (QED) is 0.891. The highest BCUT2D eigenvalue weighted by Crippen LogP contribution is 2.20. The lowest BCUT2D eigenvalue weighted by Crippen LogP contribution is -2.14. The van der Waals surface area contributed by atoms with E-state index >= 15 is 0 Å². The van der Waals surface area contributed by atoms with E-state index in [1.165, 1.54) is 12.3 Å². The second-order valence-electron chi connectivity index (χ2n) is 4.83. The summed E-state index contributed by atoms with van der Waals surface area (Å²) in [4.78, 5) is 4.23. The molecule has 1 aromatic carbocycles. The molecule has 2 N–H and O–H groups in total. The third-order valence-corrected chi connectivity index (χ3v) is 4.38. The molecule has 0 amide bonds. The fourth-order valence-electron chi connectivity index (χ4n) is 1.96. The van der Waals surface area contributed by atoms with E-state index in [4.69, 9.17) is 0 Å². The Bertz CT molecular complexity index is 725. The van der Waals surface area contributed by atoms with E-state index in [2.05, 4.69) is 15.0 Å². The standard InChI is InChI=1S/C15H19N3O2S/c1-4-16-15-8-6-13(10-17-15)21(19,20)18-14-7-5-11(2)9-12(14)3/h5-10,18H,4H2,1-3H3,(H,16,17). The number of nitrogens with one attached hydrogen (secondary N) is 2. The van der Waals surface area contributed by atoms with Crippen LogP contribution in [0.2, 0.25) is 0 Å². The fourth-order valence-corrected chi connectivity index (χ4v) is 3.03. The Balaban J connectivity index is 2.25. The van der Waals surface area contributed by atoms with Gasteiger partial charge in [0.15, 0.2) is 0 Å². The van der Waals surface area contributed by atoms with Crippen molar-refractivity contribution in [2.75, 3.05) is 16.6 Å². The van der Waals surface area contributed by atoms with Crippen LogP contribution in [-0.2, 0) is 10.0 Å². The third kappa shape index (κ3) is 3.72. The van der Waals surface area contributed by atoms with Gasteiger partial charge in [0.25, 0.3) is 10.0 Å². The number of benzene rings is 1. The molecule has 1 heterocycles. The monoisotopic (exact) mass is 305 g/mol. The zero-order valence-corrected chi connectivity index (χ0v) is 13.2. The molecule has 21 heavy (non-hydrogen) atoms. The largest absolute Gasteiger partial charge is 0.370 e. The first-order chi connectivity index (χ1) is 9.92. The Morgan fingerprint density at radius 3 is 2.48 bits per heavy atom. The number of sulfonamides is 1. The fraction of sp³-hybridized carbons (Fsp3) is 0.267. The Labute approximate surface area is 125 Å². The first-order valence-corrected chi connectivity index (χ1v) is 8.20. The van der Waals surface area contributed by atoms with E-state index in [1.54, 1.807) is 12.1 Å². The Morgan fingerprint density at radius 2 is 1.90 bits per heavy atom. The molecule has 0 unspecified atom stereocenters. The maximum absolute atomic E-state index is 12.3. The summed E-state index contributed by atoms with van der Waals surface area (Å²) >= 11 is 0. The zero-order valence-electron chi connectivity index (χ0n) is 12.3. The van der Waals surface area contributed by atoms with Crippen molar-refractivity contribution in [3.8, 4) is 0 Å². The van der Waals surface area contributed by atoms with Crippen molar-refractivity contribution in [2.24, 2.45) is 0 Å². The van der Waals surface area contributed by atoms with Crippen LogP contribution >= 0.6 is 0 Å². The van der Waals surface area contributed by atoms with Crippen molar-refractivity contribution in [3.05, 3.63) is 47.7 Å². The van der Waals surface area contributed by atoms with Gasteiger partial charge < -0.3 is 5.32 Å². The van der Waals surface area contributed by atoms with Crippen LogP contribution in [0.5, 0.6) is 0 Å². The summed E-state index contributed by atoms with van der Waals surface area (Å²) in [5.41, 5.74) is 2.55. The van der Waals surface area contributed by atoms with Crippen molar-refractivity contribution in [1.29, 1.82) is 0 Å². The number of pyridine rings is 1. The number of aromatic nitrogens is 1. The molecular formula is C15H19N3O2S. The maximum Gasteiger partial charge on any atom is 0.263 e. The molecule has 5 nitrogen and oxygen atoms in total. The molecule has 0 spiro atoms. The number of nitrogens with zero attached hydrogens (tertiary/aromatic N) is 1. The van der Waals surface area contributed by atoms with Gasteiger partial charge in [-0.2, -0.15) is 0 Å². The van der Waals surface area contributed by atoms with E-state index in [-0.39, 0.29) is 4.90 Å². The van der Waals surface area contributed by atoms with Crippen LogP contribution in [0.25, 0.3) is 0 Å². The average molecular weight is 305 g/mol. The van der Waals surface area contributed by atoms with E-state index < -0.39 is 10.0 Å². The van der Waals surface area contributed by atoms with Gasteiger partial charge in [-0.25, -0.2) is 13.4 Å². The van der Waals surface area contributed by atoms with Gasteiger partial charge in [0.05, 0.1) is 5.69 Å². The molecule has 2 rings (SSSR count).